The highest BCUT2D eigenvalue weighted by Crippen LogP contribution is 2.18. The number of hydrogen-bond donors (Lipinski definition) is 1. The lowest BCUT2D eigenvalue weighted by molar-refractivity contribution is 0.551. The first-order valence-corrected chi connectivity index (χ1v) is 7.03. The average molecular weight is 273 g/mol. The molecule has 0 saturated carbocycles. The maximum absolute atomic E-state index is 5.11. The predicted molar refractivity (Wildman–Crippen MR) is 81.6 cm³/mol. The fraction of sp³-hybridized carbons (Fsp3) is 0.438. The van der Waals surface area contributed by atoms with E-state index < -0.39 is 0 Å². The highest BCUT2D eigenvalue weighted by molar-refractivity contribution is 5.46. The van der Waals surface area contributed by atoms with Gasteiger partial charge < -0.3 is 14.6 Å². The Balaban J connectivity index is 2.02. The van der Waals surface area contributed by atoms with Crippen LogP contribution >= 0.6 is 0 Å². The van der Waals surface area contributed by atoms with Crippen LogP contribution in [0.3, 0.4) is 0 Å². The van der Waals surface area contributed by atoms with Crippen molar-refractivity contribution >= 4 is 5.82 Å². The second kappa shape index (κ2) is 7.10. The van der Waals surface area contributed by atoms with Crippen molar-refractivity contribution in [2.75, 3.05) is 18.5 Å². The molecule has 20 heavy (non-hydrogen) atoms. The molecule has 2 aromatic rings. The third kappa shape index (κ3) is 4.10. The van der Waals surface area contributed by atoms with Gasteiger partial charge in [-0.2, -0.15) is 0 Å². The van der Waals surface area contributed by atoms with Crippen LogP contribution in [0.4, 0.5) is 5.82 Å². The molecule has 0 spiro atoms. The smallest absolute Gasteiger partial charge is 0.133 e. The van der Waals surface area contributed by atoms with Crippen molar-refractivity contribution in [2.24, 2.45) is 5.92 Å². The molecule has 0 aromatic carbocycles. The summed E-state index contributed by atoms with van der Waals surface area (Å²) < 4.78 is 5.11. The molecule has 0 bridgehead atoms. The van der Waals surface area contributed by atoms with E-state index in [-0.39, 0.29) is 0 Å². The third-order valence-corrected chi connectivity index (χ3v) is 3.10. The van der Waals surface area contributed by atoms with Crippen LogP contribution in [0.5, 0.6) is 0 Å². The van der Waals surface area contributed by atoms with E-state index in [2.05, 4.69) is 42.2 Å². The lowest BCUT2D eigenvalue weighted by Gasteiger charge is -2.21. The van der Waals surface area contributed by atoms with Gasteiger partial charge in [0.25, 0.3) is 0 Å². The van der Waals surface area contributed by atoms with Crippen LogP contribution in [0, 0.1) is 5.92 Å². The highest BCUT2D eigenvalue weighted by Gasteiger charge is 2.09. The molecule has 0 aliphatic rings. The van der Waals surface area contributed by atoms with E-state index in [1.807, 2.05) is 18.3 Å². The van der Waals surface area contributed by atoms with Gasteiger partial charge in [0.1, 0.15) is 5.82 Å². The lowest BCUT2D eigenvalue weighted by Crippen LogP contribution is -2.23. The SMILES string of the molecule is CC(C)CNCc1cccnc1N(C)Cc1ccoc1. The first kappa shape index (κ1) is 14.6. The molecular weight excluding hydrogens is 250 g/mol. The zero-order chi connectivity index (χ0) is 14.4. The minimum Gasteiger partial charge on any atom is -0.472 e. The predicted octanol–water partition coefficient (Wildman–Crippen LogP) is 3.06. The molecule has 1 N–H and O–H groups in total. The Morgan fingerprint density at radius 1 is 1.35 bits per heavy atom. The van der Waals surface area contributed by atoms with Gasteiger partial charge in [-0.3, -0.25) is 0 Å². The third-order valence-electron chi connectivity index (χ3n) is 3.10. The summed E-state index contributed by atoms with van der Waals surface area (Å²) in [6.07, 6.45) is 5.32. The number of rotatable bonds is 7. The number of pyridine rings is 1. The molecule has 4 heteroatoms. The number of hydrogen-bond acceptors (Lipinski definition) is 4. The van der Waals surface area contributed by atoms with Gasteiger partial charge in [0.15, 0.2) is 0 Å². The molecule has 0 radical (unpaired) electrons. The summed E-state index contributed by atoms with van der Waals surface area (Å²) in [6.45, 7) is 7.08. The first-order valence-electron chi connectivity index (χ1n) is 7.03. The Hall–Kier alpha value is -1.81. The summed E-state index contributed by atoms with van der Waals surface area (Å²) in [7, 11) is 2.06. The van der Waals surface area contributed by atoms with Crippen LogP contribution in [0.1, 0.15) is 25.0 Å². The largest absolute Gasteiger partial charge is 0.472 e. The van der Waals surface area contributed by atoms with Crippen LogP contribution in [0.15, 0.2) is 41.3 Å². The van der Waals surface area contributed by atoms with E-state index in [1.54, 1.807) is 12.5 Å². The summed E-state index contributed by atoms with van der Waals surface area (Å²) in [5.74, 6) is 1.67. The number of aromatic nitrogens is 1. The maximum atomic E-state index is 5.11. The topological polar surface area (TPSA) is 41.3 Å². The Labute approximate surface area is 120 Å². The molecule has 2 rings (SSSR count). The fourth-order valence-corrected chi connectivity index (χ4v) is 2.14. The van der Waals surface area contributed by atoms with Crippen molar-refractivity contribution in [3.05, 3.63) is 48.0 Å². The van der Waals surface area contributed by atoms with Crippen molar-refractivity contribution in [3.63, 3.8) is 0 Å². The molecule has 0 amide bonds. The Morgan fingerprint density at radius 3 is 2.90 bits per heavy atom. The van der Waals surface area contributed by atoms with Crippen molar-refractivity contribution < 1.29 is 4.42 Å². The van der Waals surface area contributed by atoms with Crippen LogP contribution < -0.4 is 10.2 Å². The number of nitrogens with one attached hydrogen (secondary N) is 1. The summed E-state index contributed by atoms with van der Waals surface area (Å²) >= 11 is 0. The number of anilines is 1. The van der Waals surface area contributed by atoms with Crippen molar-refractivity contribution in [2.45, 2.75) is 26.9 Å². The molecule has 0 unspecified atom stereocenters. The van der Waals surface area contributed by atoms with Gasteiger partial charge in [0, 0.05) is 37.5 Å². The fourth-order valence-electron chi connectivity index (χ4n) is 2.14. The van der Waals surface area contributed by atoms with Gasteiger partial charge in [0.05, 0.1) is 12.5 Å². The van der Waals surface area contributed by atoms with Gasteiger partial charge in [-0.25, -0.2) is 4.98 Å². The Bertz CT molecular complexity index is 508. The first-order chi connectivity index (χ1) is 9.66. The summed E-state index contributed by atoms with van der Waals surface area (Å²) in [5, 5.41) is 3.47. The zero-order valence-corrected chi connectivity index (χ0v) is 12.5. The van der Waals surface area contributed by atoms with Crippen LogP contribution in [0.25, 0.3) is 0 Å². The minimum atomic E-state index is 0.652. The van der Waals surface area contributed by atoms with Crippen LogP contribution in [-0.4, -0.2) is 18.6 Å². The van der Waals surface area contributed by atoms with Crippen molar-refractivity contribution in [1.82, 2.24) is 10.3 Å². The molecular formula is C16H23N3O. The van der Waals surface area contributed by atoms with Gasteiger partial charge in [0.2, 0.25) is 0 Å². The zero-order valence-electron chi connectivity index (χ0n) is 12.5. The number of nitrogens with zero attached hydrogens (tertiary/aromatic N) is 2. The monoisotopic (exact) mass is 273 g/mol. The van der Waals surface area contributed by atoms with Gasteiger partial charge in [-0.05, 0) is 24.6 Å². The quantitative estimate of drug-likeness (QED) is 0.842. The average Bonchev–Trinajstić information content (AvgIpc) is 2.91. The van der Waals surface area contributed by atoms with Crippen molar-refractivity contribution in [3.8, 4) is 0 Å². The van der Waals surface area contributed by atoms with E-state index in [1.165, 1.54) is 5.56 Å². The summed E-state index contributed by atoms with van der Waals surface area (Å²) in [6, 6.07) is 6.10. The van der Waals surface area contributed by atoms with Gasteiger partial charge in [-0.15, -0.1) is 0 Å². The Kier molecular flexibility index (Phi) is 5.18. The molecule has 0 aliphatic heterocycles. The molecule has 0 atom stereocenters. The normalized spacial score (nSPS) is 11.0. The molecule has 0 aliphatic carbocycles. The van der Waals surface area contributed by atoms with E-state index in [0.717, 1.165) is 31.0 Å². The molecule has 2 aromatic heterocycles. The second-order valence-electron chi connectivity index (χ2n) is 5.50. The lowest BCUT2D eigenvalue weighted by atomic mass is 10.2. The molecule has 4 nitrogen and oxygen atoms in total. The molecule has 2 heterocycles. The van der Waals surface area contributed by atoms with Crippen LogP contribution in [0.2, 0.25) is 0 Å². The maximum Gasteiger partial charge on any atom is 0.133 e. The standard InChI is InChI=1S/C16H23N3O/c1-13(2)9-17-10-15-5-4-7-18-16(15)19(3)11-14-6-8-20-12-14/h4-8,12-13,17H,9-11H2,1-3H3. The second-order valence-corrected chi connectivity index (χ2v) is 5.50. The minimum absolute atomic E-state index is 0.652. The Morgan fingerprint density at radius 2 is 2.20 bits per heavy atom. The van der Waals surface area contributed by atoms with E-state index in [4.69, 9.17) is 4.42 Å². The van der Waals surface area contributed by atoms with Gasteiger partial charge in [-0.1, -0.05) is 19.9 Å². The van der Waals surface area contributed by atoms with E-state index >= 15 is 0 Å². The molecule has 108 valence electrons. The highest BCUT2D eigenvalue weighted by atomic mass is 16.3. The van der Waals surface area contributed by atoms with E-state index in [9.17, 15) is 0 Å². The number of furan rings is 1. The van der Waals surface area contributed by atoms with Crippen molar-refractivity contribution in [1.29, 1.82) is 0 Å². The molecule has 0 saturated heterocycles. The van der Waals surface area contributed by atoms with E-state index in [0.29, 0.717) is 5.92 Å². The summed E-state index contributed by atoms with van der Waals surface area (Å²) in [5.41, 5.74) is 2.37. The van der Waals surface area contributed by atoms with Crippen LogP contribution in [-0.2, 0) is 13.1 Å². The molecule has 0 fully saturated rings. The summed E-state index contributed by atoms with van der Waals surface area (Å²) in [4.78, 5) is 6.66. The van der Waals surface area contributed by atoms with Gasteiger partial charge >= 0.3 is 0 Å².